The van der Waals surface area contributed by atoms with Crippen LogP contribution in [0.1, 0.15) is 0 Å². The molecule has 0 aliphatic rings. The van der Waals surface area contributed by atoms with E-state index in [4.69, 9.17) is 5.73 Å². The van der Waals surface area contributed by atoms with Gasteiger partial charge < -0.3 is 10.3 Å². The fourth-order valence-corrected chi connectivity index (χ4v) is 2.28. The van der Waals surface area contributed by atoms with E-state index < -0.39 is 0 Å². The largest absolute Gasteiger partial charge is 0.329 e. The molecule has 0 aliphatic carbocycles. The van der Waals surface area contributed by atoms with Crippen LogP contribution in [0.2, 0.25) is 0 Å². The number of halogens is 1. The maximum absolute atomic E-state index is 13.4. The second-order valence-corrected chi connectivity index (χ2v) is 4.37. The van der Waals surface area contributed by atoms with Crippen molar-refractivity contribution in [3.05, 3.63) is 54.3 Å². The smallest absolute Gasteiger partial charge is 0.141 e. The Labute approximate surface area is 110 Å². The van der Waals surface area contributed by atoms with Crippen molar-refractivity contribution in [2.24, 2.45) is 5.73 Å². The molecule has 0 atom stereocenters. The lowest BCUT2D eigenvalue weighted by atomic mass is 10.2. The number of fused-ring (bicyclic) bond motifs is 1. The van der Waals surface area contributed by atoms with Gasteiger partial charge in [-0.25, -0.2) is 9.37 Å². The van der Waals surface area contributed by atoms with Crippen molar-refractivity contribution in [1.29, 1.82) is 0 Å². The first-order valence-electron chi connectivity index (χ1n) is 6.21. The lowest BCUT2D eigenvalue weighted by molar-refractivity contribution is 0.628. The van der Waals surface area contributed by atoms with Crippen LogP contribution < -0.4 is 5.73 Å². The first-order valence-corrected chi connectivity index (χ1v) is 6.21. The van der Waals surface area contributed by atoms with Gasteiger partial charge in [0.1, 0.15) is 11.6 Å². The predicted octanol–water partition coefficient (Wildman–Crippen LogP) is 2.80. The highest BCUT2D eigenvalue weighted by Gasteiger charge is 2.11. The number of nitrogens with two attached hydrogens (primary N) is 1. The monoisotopic (exact) mass is 255 g/mol. The van der Waals surface area contributed by atoms with Gasteiger partial charge >= 0.3 is 0 Å². The van der Waals surface area contributed by atoms with E-state index >= 15 is 0 Å². The molecule has 0 spiro atoms. The molecule has 96 valence electrons. The Morgan fingerprint density at radius 2 is 1.95 bits per heavy atom. The molecule has 0 fully saturated rings. The Bertz CT molecular complexity index is 718. The quantitative estimate of drug-likeness (QED) is 0.782. The van der Waals surface area contributed by atoms with E-state index in [1.165, 1.54) is 12.1 Å². The van der Waals surface area contributed by atoms with Gasteiger partial charge in [-0.1, -0.05) is 24.3 Å². The Kier molecular flexibility index (Phi) is 3.01. The summed E-state index contributed by atoms with van der Waals surface area (Å²) in [7, 11) is 0. The van der Waals surface area contributed by atoms with Gasteiger partial charge in [-0.05, 0) is 24.3 Å². The summed E-state index contributed by atoms with van der Waals surface area (Å²) in [5.41, 5.74) is 8.35. The van der Waals surface area contributed by atoms with Crippen molar-refractivity contribution in [1.82, 2.24) is 9.55 Å². The molecule has 0 saturated heterocycles. The molecule has 0 bridgehead atoms. The molecule has 19 heavy (non-hydrogen) atoms. The van der Waals surface area contributed by atoms with Crippen LogP contribution >= 0.6 is 0 Å². The van der Waals surface area contributed by atoms with Gasteiger partial charge in [-0.15, -0.1) is 0 Å². The van der Waals surface area contributed by atoms with Crippen LogP contribution in [-0.4, -0.2) is 16.1 Å². The van der Waals surface area contributed by atoms with Crippen molar-refractivity contribution >= 4 is 11.0 Å². The number of imidazole rings is 1. The molecule has 3 nitrogen and oxygen atoms in total. The molecule has 0 saturated carbocycles. The Morgan fingerprint density at radius 1 is 1.11 bits per heavy atom. The number of hydrogen-bond acceptors (Lipinski definition) is 2. The first-order chi connectivity index (χ1) is 9.29. The van der Waals surface area contributed by atoms with Crippen molar-refractivity contribution in [3.8, 4) is 11.4 Å². The Morgan fingerprint density at radius 3 is 2.74 bits per heavy atom. The second-order valence-electron chi connectivity index (χ2n) is 4.37. The van der Waals surface area contributed by atoms with E-state index in [2.05, 4.69) is 4.98 Å². The van der Waals surface area contributed by atoms with Crippen LogP contribution in [0.15, 0.2) is 48.5 Å². The summed E-state index contributed by atoms with van der Waals surface area (Å²) in [5.74, 6) is 0.495. The number of nitrogens with zero attached hydrogens (tertiary/aromatic N) is 2. The molecule has 2 N–H and O–H groups in total. The molecule has 1 aromatic heterocycles. The van der Waals surface area contributed by atoms with E-state index in [0.29, 0.717) is 13.1 Å². The molecular formula is C15H14FN3. The minimum absolute atomic E-state index is 0.260. The van der Waals surface area contributed by atoms with Crippen LogP contribution in [0, 0.1) is 5.82 Å². The summed E-state index contributed by atoms with van der Waals surface area (Å²) in [6.07, 6.45) is 0. The number of para-hydroxylation sites is 2. The molecule has 2 aromatic carbocycles. The van der Waals surface area contributed by atoms with Gasteiger partial charge in [-0.2, -0.15) is 0 Å². The Balaban J connectivity index is 2.25. The number of rotatable bonds is 3. The lowest BCUT2D eigenvalue weighted by Gasteiger charge is -2.07. The van der Waals surface area contributed by atoms with E-state index in [-0.39, 0.29) is 5.82 Å². The molecule has 0 aliphatic heterocycles. The molecule has 0 radical (unpaired) electrons. The summed E-state index contributed by atoms with van der Waals surface area (Å²) < 4.78 is 15.4. The maximum atomic E-state index is 13.4. The van der Waals surface area contributed by atoms with Gasteiger partial charge in [0.2, 0.25) is 0 Å². The summed E-state index contributed by atoms with van der Waals surface area (Å²) >= 11 is 0. The SMILES string of the molecule is NCCn1c(-c2cccc(F)c2)nc2ccccc21. The van der Waals surface area contributed by atoms with E-state index in [9.17, 15) is 4.39 Å². The summed E-state index contributed by atoms with van der Waals surface area (Å²) in [6, 6.07) is 14.3. The van der Waals surface area contributed by atoms with E-state index in [1.54, 1.807) is 6.07 Å². The third kappa shape index (κ3) is 2.11. The number of aromatic nitrogens is 2. The zero-order chi connectivity index (χ0) is 13.2. The van der Waals surface area contributed by atoms with Crippen LogP contribution in [-0.2, 0) is 6.54 Å². The molecular weight excluding hydrogens is 241 g/mol. The summed E-state index contributed by atoms with van der Waals surface area (Å²) in [6.45, 7) is 1.18. The third-order valence-corrected chi connectivity index (χ3v) is 3.09. The van der Waals surface area contributed by atoms with Crippen LogP contribution in [0.4, 0.5) is 4.39 Å². The molecule has 0 amide bonds. The fourth-order valence-electron chi connectivity index (χ4n) is 2.28. The summed E-state index contributed by atoms with van der Waals surface area (Å²) in [5, 5.41) is 0. The lowest BCUT2D eigenvalue weighted by Crippen LogP contribution is -2.10. The topological polar surface area (TPSA) is 43.8 Å². The fraction of sp³-hybridized carbons (Fsp3) is 0.133. The van der Waals surface area contributed by atoms with Crippen LogP contribution in [0.5, 0.6) is 0 Å². The number of benzene rings is 2. The van der Waals surface area contributed by atoms with Gasteiger partial charge in [0.05, 0.1) is 11.0 Å². The highest BCUT2D eigenvalue weighted by molar-refractivity contribution is 5.80. The average Bonchev–Trinajstić information content (AvgIpc) is 2.79. The molecule has 0 unspecified atom stereocenters. The molecule has 4 heteroatoms. The predicted molar refractivity (Wildman–Crippen MR) is 74.2 cm³/mol. The minimum atomic E-state index is -0.260. The van der Waals surface area contributed by atoms with Crippen LogP contribution in [0.3, 0.4) is 0 Å². The highest BCUT2D eigenvalue weighted by Crippen LogP contribution is 2.24. The number of hydrogen-bond donors (Lipinski definition) is 1. The second kappa shape index (κ2) is 4.82. The molecule has 1 heterocycles. The third-order valence-electron chi connectivity index (χ3n) is 3.09. The van der Waals surface area contributed by atoms with Crippen molar-refractivity contribution in [3.63, 3.8) is 0 Å². The standard InChI is InChI=1S/C15H14FN3/c16-12-5-3-4-11(10-12)15-18-13-6-1-2-7-14(13)19(15)9-8-17/h1-7,10H,8-9,17H2. The minimum Gasteiger partial charge on any atom is -0.329 e. The van der Waals surface area contributed by atoms with E-state index in [0.717, 1.165) is 22.4 Å². The van der Waals surface area contributed by atoms with Crippen molar-refractivity contribution in [2.75, 3.05) is 6.54 Å². The summed E-state index contributed by atoms with van der Waals surface area (Å²) in [4.78, 5) is 4.58. The normalized spacial score (nSPS) is 11.1. The Hall–Kier alpha value is -2.20. The van der Waals surface area contributed by atoms with Gasteiger partial charge in [-0.3, -0.25) is 0 Å². The van der Waals surface area contributed by atoms with E-state index in [1.807, 2.05) is 34.9 Å². The van der Waals surface area contributed by atoms with Gasteiger partial charge in [0, 0.05) is 18.7 Å². The maximum Gasteiger partial charge on any atom is 0.141 e. The zero-order valence-electron chi connectivity index (χ0n) is 10.4. The average molecular weight is 255 g/mol. The van der Waals surface area contributed by atoms with Crippen molar-refractivity contribution < 1.29 is 4.39 Å². The van der Waals surface area contributed by atoms with Crippen LogP contribution in [0.25, 0.3) is 22.4 Å². The highest BCUT2D eigenvalue weighted by atomic mass is 19.1. The molecule has 3 aromatic rings. The van der Waals surface area contributed by atoms with Crippen molar-refractivity contribution in [2.45, 2.75) is 6.54 Å². The first kappa shape index (κ1) is 11.9. The zero-order valence-corrected chi connectivity index (χ0v) is 10.4. The van der Waals surface area contributed by atoms with Gasteiger partial charge in [0.25, 0.3) is 0 Å². The van der Waals surface area contributed by atoms with Gasteiger partial charge in [0.15, 0.2) is 0 Å². The molecule has 3 rings (SSSR count).